The van der Waals surface area contributed by atoms with Crippen LogP contribution in [0.25, 0.3) is 0 Å². The van der Waals surface area contributed by atoms with Crippen molar-refractivity contribution >= 4 is 35.1 Å². The van der Waals surface area contributed by atoms with Gasteiger partial charge in [-0.05, 0) is 44.2 Å². The highest BCUT2D eigenvalue weighted by molar-refractivity contribution is 8.00. The van der Waals surface area contributed by atoms with E-state index >= 15 is 0 Å². The zero-order valence-electron chi connectivity index (χ0n) is 15.5. The van der Waals surface area contributed by atoms with Crippen molar-refractivity contribution in [1.82, 2.24) is 14.8 Å². The second-order valence-electron chi connectivity index (χ2n) is 7.74. The minimum absolute atomic E-state index is 0.167. The van der Waals surface area contributed by atoms with Crippen molar-refractivity contribution in [2.75, 3.05) is 17.2 Å². The van der Waals surface area contributed by atoms with E-state index in [1.165, 1.54) is 30.6 Å². The number of anilines is 1. The van der Waals surface area contributed by atoms with Crippen LogP contribution >= 0.6 is 23.5 Å². The normalized spacial score (nSPS) is 22.4. The summed E-state index contributed by atoms with van der Waals surface area (Å²) in [7, 11) is 0. The van der Waals surface area contributed by atoms with E-state index in [2.05, 4.69) is 39.9 Å². The molecule has 2 aromatic rings. The number of rotatable bonds is 5. The van der Waals surface area contributed by atoms with Crippen LogP contribution in [0.4, 0.5) is 5.69 Å². The van der Waals surface area contributed by atoms with E-state index in [1.807, 2.05) is 22.7 Å². The molecule has 0 radical (unpaired) electrons. The lowest BCUT2D eigenvalue weighted by atomic mass is 10.2. The highest BCUT2D eigenvalue weighted by Gasteiger charge is 2.36. The molecular weight excluding hydrogens is 376 g/mol. The molecule has 2 aliphatic carbocycles. The molecule has 142 valence electrons. The third kappa shape index (κ3) is 3.63. The Morgan fingerprint density at radius 1 is 1.19 bits per heavy atom. The Bertz CT molecular complexity index is 859. The van der Waals surface area contributed by atoms with Crippen LogP contribution < -0.4 is 4.90 Å². The van der Waals surface area contributed by atoms with Crippen molar-refractivity contribution in [3.8, 4) is 0 Å². The fourth-order valence-electron chi connectivity index (χ4n) is 3.63. The van der Waals surface area contributed by atoms with E-state index in [0.29, 0.717) is 23.0 Å². The third-order valence-corrected chi connectivity index (χ3v) is 7.58. The summed E-state index contributed by atoms with van der Waals surface area (Å²) in [6, 6.07) is 8.83. The molecule has 2 heterocycles. The minimum atomic E-state index is 0.167. The summed E-state index contributed by atoms with van der Waals surface area (Å²) < 4.78 is 2.32. The van der Waals surface area contributed by atoms with Crippen molar-refractivity contribution in [3.63, 3.8) is 0 Å². The van der Waals surface area contributed by atoms with Gasteiger partial charge in [0.1, 0.15) is 5.82 Å². The van der Waals surface area contributed by atoms with Crippen LogP contribution in [-0.4, -0.2) is 38.2 Å². The molecule has 0 spiro atoms. The van der Waals surface area contributed by atoms with Crippen LogP contribution in [0, 0.1) is 0 Å². The van der Waals surface area contributed by atoms with Gasteiger partial charge in [-0.3, -0.25) is 4.79 Å². The van der Waals surface area contributed by atoms with Gasteiger partial charge in [-0.2, -0.15) is 0 Å². The number of para-hydroxylation sites is 1. The first-order valence-electron chi connectivity index (χ1n) is 9.84. The molecule has 1 amide bonds. The number of aromatic nitrogens is 3. The molecule has 2 fully saturated rings. The predicted octanol–water partition coefficient (Wildman–Crippen LogP) is 4.50. The number of hydrogen-bond donors (Lipinski definition) is 0. The average molecular weight is 401 g/mol. The number of benzene rings is 1. The molecule has 1 atom stereocenters. The number of carbonyl (C=O) groups excluding carboxylic acids is 1. The molecule has 0 saturated heterocycles. The minimum Gasteiger partial charge on any atom is -0.311 e. The van der Waals surface area contributed by atoms with E-state index in [0.717, 1.165) is 29.6 Å². The van der Waals surface area contributed by atoms with Crippen molar-refractivity contribution in [3.05, 3.63) is 30.1 Å². The number of nitrogens with zero attached hydrogens (tertiary/aromatic N) is 4. The molecule has 1 aromatic carbocycles. The highest BCUT2D eigenvalue weighted by Crippen LogP contribution is 2.46. The van der Waals surface area contributed by atoms with Gasteiger partial charge in [0.2, 0.25) is 5.91 Å². The molecule has 3 aliphatic rings. The van der Waals surface area contributed by atoms with Crippen molar-refractivity contribution in [1.29, 1.82) is 0 Å². The van der Waals surface area contributed by atoms with Crippen LogP contribution in [0.5, 0.6) is 0 Å². The number of fused-ring (bicyclic) bond motifs is 1. The van der Waals surface area contributed by atoms with Crippen LogP contribution in [0.15, 0.2) is 34.3 Å². The van der Waals surface area contributed by atoms with Gasteiger partial charge in [0.05, 0.1) is 11.4 Å². The van der Waals surface area contributed by atoms with E-state index in [1.54, 1.807) is 11.8 Å². The van der Waals surface area contributed by atoms with Crippen molar-refractivity contribution < 1.29 is 4.79 Å². The van der Waals surface area contributed by atoms with Gasteiger partial charge < -0.3 is 9.47 Å². The number of hydrogen-bond acceptors (Lipinski definition) is 5. The summed E-state index contributed by atoms with van der Waals surface area (Å²) in [5.74, 6) is 2.33. The molecule has 5 rings (SSSR count). The molecule has 1 aliphatic heterocycles. The first-order valence-corrected chi connectivity index (χ1v) is 11.7. The van der Waals surface area contributed by atoms with Gasteiger partial charge in [0.25, 0.3) is 0 Å². The fraction of sp³-hybridized carbons (Fsp3) is 0.550. The molecular formula is C20H24N4OS2. The lowest BCUT2D eigenvalue weighted by Crippen LogP contribution is -2.33. The Labute approximate surface area is 168 Å². The average Bonchev–Trinajstić information content (AvgIpc) is 3.58. The quantitative estimate of drug-likeness (QED) is 0.692. The largest absolute Gasteiger partial charge is 0.311 e. The van der Waals surface area contributed by atoms with Gasteiger partial charge in [0, 0.05) is 28.6 Å². The SMILES string of the molecule is CC1CCN(C(=O)CSc2nnc(C3CC3)n2C2CC2)c2ccccc2S1. The number of amides is 1. The smallest absolute Gasteiger partial charge is 0.237 e. The third-order valence-electron chi connectivity index (χ3n) is 5.41. The van der Waals surface area contributed by atoms with E-state index in [4.69, 9.17) is 0 Å². The Kier molecular flexibility index (Phi) is 4.68. The van der Waals surface area contributed by atoms with Crippen LogP contribution in [-0.2, 0) is 4.79 Å². The van der Waals surface area contributed by atoms with Gasteiger partial charge in [-0.25, -0.2) is 0 Å². The standard InChI is InChI=1S/C20H24N4OS2/c1-13-10-11-23(16-4-2-3-5-17(16)27-13)18(25)12-26-20-22-21-19(14-6-7-14)24(20)15-8-9-15/h2-5,13-15H,6-12H2,1H3. The summed E-state index contributed by atoms with van der Waals surface area (Å²) in [6.45, 7) is 3.02. The second-order valence-corrected chi connectivity index (χ2v) is 10.2. The van der Waals surface area contributed by atoms with E-state index in [-0.39, 0.29) is 5.91 Å². The molecule has 0 N–H and O–H groups in total. The van der Waals surface area contributed by atoms with E-state index in [9.17, 15) is 4.79 Å². The molecule has 1 aromatic heterocycles. The van der Waals surface area contributed by atoms with Gasteiger partial charge in [-0.1, -0.05) is 30.8 Å². The fourth-order valence-corrected chi connectivity index (χ4v) is 5.63. The van der Waals surface area contributed by atoms with Gasteiger partial charge >= 0.3 is 0 Å². The Balaban J connectivity index is 1.33. The lowest BCUT2D eigenvalue weighted by molar-refractivity contribution is -0.116. The maximum absolute atomic E-state index is 13.1. The van der Waals surface area contributed by atoms with Crippen LogP contribution in [0.3, 0.4) is 0 Å². The molecule has 7 heteroatoms. The lowest BCUT2D eigenvalue weighted by Gasteiger charge is -2.22. The summed E-state index contributed by atoms with van der Waals surface area (Å²) in [5, 5.41) is 10.3. The molecule has 1 unspecified atom stereocenters. The monoisotopic (exact) mass is 400 g/mol. The second kappa shape index (κ2) is 7.17. The summed E-state index contributed by atoms with van der Waals surface area (Å²) in [5.41, 5.74) is 1.06. The van der Waals surface area contributed by atoms with E-state index < -0.39 is 0 Å². The van der Waals surface area contributed by atoms with Crippen molar-refractivity contribution in [2.45, 2.75) is 66.3 Å². The summed E-state index contributed by atoms with van der Waals surface area (Å²) in [4.78, 5) is 16.3. The van der Waals surface area contributed by atoms with Crippen LogP contribution in [0.1, 0.15) is 56.8 Å². The first-order chi connectivity index (χ1) is 13.2. The molecule has 2 saturated carbocycles. The Morgan fingerprint density at radius 2 is 2.00 bits per heavy atom. The first kappa shape index (κ1) is 17.6. The summed E-state index contributed by atoms with van der Waals surface area (Å²) >= 11 is 3.43. The molecule has 5 nitrogen and oxygen atoms in total. The number of thioether (sulfide) groups is 2. The Hall–Kier alpha value is -1.47. The Morgan fingerprint density at radius 3 is 2.78 bits per heavy atom. The maximum atomic E-state index is 13.1. The zero-order valence-corrected chi connectivity index (χ0v) is 17.1. The summed E-state index contributed by atoms with van der Waals surface area (Å²) in [6.07, 6.45) is 5.91. The molecule has 0 bridgehead atoms. The van der Waals surface area contributed by atoms with Gasteiger partial charge in [-0.15, -0.1) is 22.0 Å². The highest BCUT2D eigenvalue weighted by atomic mass is 32.2. The number of carbonyl (C=O) groups is 1. The topological polar surface area (TPSA) is 51.0 Å². The molecule has 27 heavy (non-hydrogen) atoms. The van der Waals surface area contributed by atoms with Crippen LogP contribution in [0.2, 0.25) is 0 Å². The van der Waals surface area contributed by atoms with Gasteiger partial charge in [0.15, 0.2) is 5.16 Å². The predicted molar refractivity (Wildman–Crippen MR) is 110 cm³/mol. The zero-order chi connectivity index (χ0) is 18.4. The maximum Gasteiger partial charge on any atom is 0.237 e. The van der Waals surface area contributed by atoms with Crippen molar-refractivity contribution in [2.24, 2.45) is 0 Å².